The fourth-order valence-electron chi connectivity index (χ4n) is 1.59. The summed E-state index contributed by atoms with van der Waals surface area (Å²) in [5.41, 5.74) is 3.97. The predicted molar refractivity (Wildman–Crippen MR) is 72.6 cm³/mol. The monoisotopic (exact) mass is 260 g/mol. The molecular weight excluding hydrogens is 244 g/mol. The third-order valence-corrected chi connectivity index (χ3v) is 2.61. The highest BCUT2D eigenvalue weighted by atomic mass is 16.1. The van der Waals surface area contributed by atoms with Crippen molar-refractivity contribution in [1.29, 1.82) is 0 Å². The number of nitrogens with one attached hydrogen (secondary N) is 2. The van der Waals surface area contributed by atoms with Gasteiger partial charge in [0.1, 0.15) is 0 Å². The number of nitrogens with two attached hydrogens (primary N) is 1. The van der Waals surface area contributed by atoms with E-state index >= 15 is 0 Å². The van der Waals surface area contributed by atoms with Crippen LogP contribution >= 0.6 is 0 Å². The molecule has 2 aromatic rings. The summed E-state index contributed by atoms with van der Waals surface area (Å²) in [7, 11) is 0. The van der Waals surface area contributed by atoms with Gasteiger partial charge in [0.25, 0.3) is 5.91 Å². The van der Waals surface area contributed by atoms with Gasteiger partial charge in [-0.1, -0.05) is 0 Å². The maximum atomic E-state index is 12.1. The second kappa shape index (κ2) is 5.49. The number of nitrogens with zero attached hydrogens (tertiary/aromatic N) is 3. The molecule has 0 saturated heterocycles. The van der Waals surface area contributed by atoms with Crippen molar-refractivity contribution in [2.24, 2.45) is 5.84 Å². The van der Waals surface area contributed by atoms with E-state index in [9.17, 15) is 4.79 Å². The van der Waals surface area contributed by atoms with Crippen LogP contribution in [-0.2, 0) is 0 Å². The zero-order valence-corrected chi connectivity index (χ0v) is 10.8. The Bertz CT molecular complexity index is 577. The van der Waals surface area contributed by atoms with Crippen molar-refractivity contribution in [3.8, 4) is 0 Å². The summed E-state index contributed by atoms with van der Waals surface area (Å²) in [6.07, 6.45) is 6.41. The summed E-state index contributed by atoms with van der Waals surface area (Å²) >= 11 is 0. The molecule has 7 nitrogen and oxygen atoms in total. The maximum Gasteiger partial charge on any atom is 0.258 e. The number of hydrogen-bond acceptors (Lipinski definition) is 5. The van der Waals surface area contributed by atoms with Crippen LogP contribution in [0.5, 0.6) is 0 Å². The number of amides is 1. The minimum atomic E-state index is -0.265. The van der Waals surface area contributed by atoms with Crippen molar-refractivity contribution in [3.63, 3.8) is 0 Å². The van der Waals surface area contributed by atoms with E-state index in [1.807, 2.05) is 13.8 Å². The number of carbonyl (C=O) groups excluding carboxylic acids is 1. The molecule has 19 heavy (non-hydrogen) atoms. The van der Waals surface area contributed by atoms with Crippen LogP contribution in [0.15, 0.2) is 30.9 Å². The molecule has 0 radical (unpaired) electrons. The molecule has 0 spiro atoms. The third kappa shape index (κ3) is 2.89. The first-order valence-electron chi connectivity index (χ1n) is 5.88. The molecule has 1 amide bonds. The minimum absolute atomic E-state index is 0.243. The Hall–Kier alpha value is -2.41. The lowest BCUT2D eigenvalue weighted by molar-refractivity contribution is 0.102. The van der Waals surface area contributed by atoms with Crippen molar-refractivity contribution in [2.75, 3.05) is 10.7 Å². The van der Waals surface area contributed by atoms with E-state index < -0.39 is 0 Å². The smallest absolute Gasteiger partial charge is 0.258 e. The first-order valence-corrected chi connectivity index (χ1v) is 5.88. The third-order valence-electron chi connectivity index (χ3n) is 2.61. The Morgan fingerprint density at radius 3 is 2.84 bits per heavy atom. The summed E-state index contributed by atoms with van der Waals surface area (Å²) in [5.74, 6) is 5.07. The van der Waals surface area contributed by atoms with Gasteiger partial charge in [-0.25, -0.2) is 0 Å². The summed E-state index contributed by atoms with van der Waals surface area (Å²) in [4.78, 5) is 16.0. The number of nitrogen functional groups attached to an aromatic ring is 1. The van der Waals surface area contributed by atoms with Crippen LogP contribution in [0.3, 0.4) is 0 Å². The minimum Gasteiger partial charge on any atom is -0.322 e. The molecule has 0 aliphatic rings. The van der Waals surface area contributed by atoms with Crippen LogP contribution < -0.4 is 16.6 Å². The number of anilines is 2. The normalized spacial score (nSPS) is 10.5. The van der Waals surface area contributed by atoms with Crippen molar-refractivity contribution >= 4 is 17.3 Å². The highest BCUT2D eigenvalue weighted by molar-refractivity contribution is 6.07. The number of rotatable bonds is 4. The van der Waals surface area contributed by atoms with Crippen LogP contribution in [-0.4, -0.2) is 20.7 Å². The van der Waals surface area contributed by atoms with Crippen LogP contribution in [0.2, 0.25) is 0 Å². The number of hydrogen-bond donors (Lipinski definition) is 3. The van der Waals surface area contributed by atoms with Gasteiger partial charge in [0, 0.05) is 18.4 Å². The molecule has 0 aliphatic carbocycles. The van der Waals surface area contributed by atoms with E-state index in [4.69, 9.17) is 5.84 Å². The Labute approximate surface area is 110 Å². The molecule has 0 fully saturated rings. The molecule has 0 unspecified atom stereocenters. The number of hydrazine groups is 1. The Morgan fingerprint density at radius 2 is 2.21 bits per heavy atom. The van der Waals surface area contributed by atoms with Crippen molar-refractivity contribution < 1.29 is 4.79 Å². The molecule has 0 aromatic carbocycles. The van der Waals surface area contributed by atoms with Gasteiger partial charge in [-0.05, 0) is 19.9 Å². The standard InChI is InChI=1S/C12H16N6O/c1-8(2)18-7-9(5-15-18)16-12(19)10-3-4-14-6-11(10)17-13/h3-8,17H,13H2,1-2H3,(H,16,19). The molecular formula is C12H16N6O. The Kier molecular flexibility index (Phi) is 3.76. The van der Waals surface area contributed by atoms with Crippen LogP contribution in [0.1, 0.15) is 30.2 Å². The quantitative estimate of drug-likeness (QED) is 0.570. The highest BCUT2D eigenvalue weighted by Gasteiger charge is 2.12. The van der Waals surface area contributed by atoms with E-state index in [0.717, 1.165) is 0 Å². The lowest BCUT2D eigenvalue weighted by atomic mass is 10.2. The van der Waals surface area contributed by atoms with Crippen molar-refractivity contribution in [2.45, 2.75) is 19.9 Å². The first-order chi connectivity index (χ1) is 9.11. The van der Waals surface area contributed by atoms with Gasteiger partial charge >= 0.3 is 0 Å². The van der Waals surface area contributed by atoms with Crippen molar-refractivity contribution in [1.82, 2.24) is 14.8 Å². The molecule has 2 heterocycles. The molecule has 2 aromatic heterocycles. The zero-order chi connectivity index (χ0) is 13.8. The lowest BCUT2D eigenvalue weighted by Gasteiger charge is -2.07. The fourth-order valence-corrected chi connectivity index (χ4v) is 1.59. The van der Waals surface area contributed by atoms with Gasteiger partial charge in [-0.2, -0.15) is 5.10 Å². The summed E-state index contributed by atoms with van der Waals surface area (Å²) in [5, 5.41) is 6.92. The zero-order valence-electron chi connectivity index (χ0n) is 10.8. The van der Waals surface area contributed by atoms with Crippen LogP contribution in [0, 0.1) is 0 Å². The molecule has 4 N–H and O–H groups in total. The SMILES string of the molecule is CC(C)n1cc(NC(=O)c2ccncc2NN)cn1. The van der Waals surface area contributed by atoms with E-state index in [1.165, 1.54) is 12.4 Å². The van der Waals surface area contributed by atoms with E-state index in [-0.39, 0.29) is 11.9 Å². The van der Waals surface area contributed by atoms with Gasteiger partial charge in [0.05, 0.1) is 29.3 Å². The fraction of sp³-hybridized carbons (Fsp3) is 0.250. The van der Waals surface area contributed by atoms with Gasteiger partial charge in [-0.15, -0.1) is 0 Å². The van der Waals surface area contributed by atoms with Crippen LogP contribution in [0.25, 0.3) is 0 Å². The topological polar surface area (TPSA) is 97.9 Å². The summed E-state index contributed by atoms with van der Waals surface area (Å²) in [6.45, 7) is 4.02. The lowest BCUT2D eigenvalue weighted by Crippen LogP contribution is -2.17. The van der Waals surface area contributed by atoms with Gasteiger partial charge in [-0.3, -0.25) is 20.3 Å². The number of aromatic nitrogens is 3. The average Bonchev–Trinajstić information content (AvgIpc) is 2.87. The largest absolute Gasteiger partial charge is 0.322 e. The second-order valence-electron chi connectivity index (χ2n) is 4.32. The molecule has 7 heteroatoms. The molecule has 0 aliphatic heterocycles. The van der Waals surface area contributed by atoms with E-state index in [2.05, 4.69) is 20.8 Å². The average molecular weight is 260 g/mol. The first kappa shape index (κ1) is 13.0. The van der Waals surface area contributed by atoms with Gasteiger partial charge in [0.15, 0.2) is 0 Å². The van der Waals surface area contributed by atoms with Gasteiger partial charge in [0.2, 0.25) is 0 Å². The number of carbonyl (C=O) groups is 1. The van der Waals surface area contributed by atoms with Gasteiger partial charge < -0.3 is 10.7 Å². The molecule has 0 bridgehead atoms. The Balaban J connectivity index is 2.16. The Morgan fingerprint density at radius 1 is 1.42 bits per heavy atom. The van der Waals surface area contributed by atoms with E-state index in [0.29, 0.717) is 16.9 Å². The van der Waals surface area contributed by atoms with Crippen LogP contribution in [0.4, 0.5) is 11.4 Å². The molecule has 100 valence electrons. The molecule has 0 atom stereocenters. The summed E-state index contributed by atoms with van der Waals surface area (Å²) in [6, 6.07) is 1.84. The molecule has 2 rings (SSSR count). The second-order valence-corrected chi connectivity index (χ2v) is 4.32. The number of pyridine rings is 1. The predicted octanol–water partition coefficient (Wildman–Crippen LogP) is 1.40. The summed E-state index contributed by atoms with van der Waals surface area (Å²) < 4.78 is 1.77. The van der Waals surface area contributed by atoms with E-state index in [1.54, 1.807) is 23.1 Å². The van der Waals surface area contributed by atoms with Crippen molar-refractivity contribution in [3.05, 3.63) is 36.4 Å². The molecule has 0 saturated carbocycles. The maximum absolute atomic E-state index is 12.1. The highest BCUT2D eigenvalue weighted by Crippen LogP contribution is 2.15.